The number of hydrogen-bond acceptors (Lipinski definition) is 2. The molecule has 2 aromatic carbocycles. The topological polar surface area (TPSA) is 58.2 Å². The number of carbonyl (C=O) groups excluding carboxylic acids is 2. The molecule has 0 aliphatic heterocycles. The lowest BCUT2D eigenvalue weighted by atomic mass is 10.1. The highest BCUT2D eigenvalue weighted by Crippen LogP contribution is 2.06. The van der Waals surface area contributed by atoms with Crippen LogP contribution in [0.15, 0.2) is 54.6 Å². The molecular weight excluding hydrogens is 240 g/mol. The van der Waals surface area contributed by atoms with E-state index in [9.17, 15) is 9.59 Å². The quantitative estimate of drug-likeness (QED) is 0.865. The zero-order valence-electron chi connectivity index (χ0n) is 10.5. The van der Waals surface area contributed by atoms with E-state index in [4.69, 9.17) is 0 Å². The van der Waals surface area contributed by atoms with Gasteiger partial charge in [0, 0.05) is 11.3 Å². The van der Waals surface area contributed by atoms with Crippen molar-refractivity contribution in [3.8, 4) is 0 Å². The second-order valence-corrected chi connectivity index (χ2v) is 4.14. The normalized spacial score (nSPS) is 9.74. The average molecular weight is 254 g/mol. The summed E-state index contributed by atoms with van der Waals surface area (Å²) in [7, 11) is 0. The number of para-hydroxylation sites is 1. The number of anilines is 1. The van der Waals surface area contributed by atoms with Crippen molar-refractivity contribution in [2.24, 2.45) is 0 Å². The van der Waals surface area contributed by atoms with Crippen LogP contribution in [-0.4, -0.2) is 11.9 Å². The summed E-state index contributed by atoms with van der Waals surface area (Å²) in [4.78, 5) is 23.5. The Morgan fingerprint density at radius 1 is 0.947 bits per heavy atom. The second-order valence-electron chi connectivity index (χ2n) is 4.14. The smallest absolute Gasteiger partial charge is 0.308 e. The lowest BCUT2D eigenvalue weighted by molar-refractivity contribution is 0.0967. The molecule has 0 bridgehead atoms. The van der Waals surface area contributed by atoms with Gasteiger partial charge < -0.3 is 5.32 Å². The van der Waals surface area contributed by atoms with Crippen molar-refractivity contribution in [3.05, 3.63) is 65.7 Å². The molecule has 4 heteroatoms. The van der Waals surface area contributed by atoms with Crippen molar-refractivity contribution in [1.29, 1.82) is 0 Å². The number of amides is 3. The van der Waals surface area contributed by atoms with Crippen molar-refractivity contribution in [2.75, 3.05) is 5.32 Å². The molecule has 96 valence electrons. The first-order valence-corrected chi connectivity index (χ1v) is 5.89. The van der Waals surface area contributed by atoms with Crippen LogP contribution in [0.1, 0.15) is 15.9 Å². The van der Waals surface area contributed by atoms with Gasteiger partial charge in [-0.15, -0.1) is 0 Å². The van der Waals surface area contributed by atoms with Gasteiger partial charge in [0.05, 0.1) is 0 Å². The molecule has 0 aromatic heterocycles. The van der Waals surface area contributed by atoms with E-state index < -0.39 is 11.9 Å². The molecule has 0 aliphatic carbocycles. The minimum Gasteiger partial charge on any atom is -0.308 e. The zero-order chi connectivity index (χ0) is 13.7. The van der Waals surface area contributed by atoms with Gasteiger partial charge in [-0.25, -0.2) is 4.79 Å². The van der Waals surface area contributed by atoms with Crippen LogP contribution < -0.4 is 10.6 Å². The highest BCUT2D eigenvalue weighted by molar-refractivity contribution is 6.07. The summed E-state index contributed by atoms with van der Waals surface area (Å²) in [6, 6.07) is 15.5. The van der Waals surface area contributed by atoms with E-state index >= 15 is 0 Å². The molecule has 0 radical (unpaired) electrons. The third-order valence-corrected chi connectivity index (χ3v) is 2.54. The van der Waals surface area contributed by atoms with Crippen LogP contribution in [0, 0.1) is 6.92 Å². The third-order valence-electron chi connectivity index (χ3n) is 2.54. The number of imide groups is 1. The molecule has 19 heavy (non-hydrogen) atoms. The van der Waals surface area contributed by atoms with Crippen LogP contribution in [0.5, 0.6) is 0 Å². The van der Waals surface area contributed by atoms with Crippen LogP contribution in [0.25, 0.3) is 0 Å². The molecule has 0 unspecified atom stereocenters. The van der Waals surface area contributed by atoms with Gasteiger partial charge in [-0.3, -0.25) is 10.1 Å². The van der Waals surface area contributed by atoms with E-state index in [1.165, 1.54) is 0 Å². The van der Waals surface area contributed by atoms with E-state index in [0.717, 1.165) is 5.56 Å². The van der Waals surface area contributed by atoms with Gasteiger partial charge in [0.2, 0.25) is 0 Å². The van der Waals surface area contributed by atoms with Gasteiger partial charge in [0.15, 0.2) is 0 Å². The van der Waals surface area contributed by atoms with E-state index in [-0.39, 0.29) is 0 Å². The first kappa shape index (κ1) is 12.8. The maximum absolute atomic E-state index is 11.8. The maximum atomic E-state index is 11.8. The minimum absolute atomic E-state index is 0.419. The van der Waals surface area contributed by atoms with Gasteiger partial charge in [0.1, 0.15) is 0 Å². The second kappa shape index (κ2) is 5.82. The summed E-state index contributed by atoms with van der Waals surface area (Å²) in [6.07, 6.45) is 0. The van der Waals surface area contributed by atoms with Crippen LogP contribution in [0.4, 0.5) is 10.5 Å². The number of benzene rings is 2. The van der Waals surface area contributed by atoms with E-state index in [2.05, 4.69) is 10.6 Å². The molecule has 2 rings (SSSR count). The SMILES string of the molecule is Cc1cccc(C(=O)NC(=O)Nc2ccccc2)c1. The number of aryl methyl sites for hydroxylation is 1. The number of hydrogen-bond donors (Lipinski definition) is 2. The molecule has 2 N–H and O–H groups in total. The van der Waals surface area contributed by atoms with Crippen LogP contribution in [-0.2, 0) is 0 Å². The average Bonchev–Trinajstić information content (AvgIpc) is 2.39. The first-order valence-electron chi connectivity index (χ1n) is 5.89. The van der Waals surface area contributed by atoms with Gasteiger partial charge in [-0.05, 0) is 31.2 Å². The molecular formula is C15H14N2O2. The summed E-state index contributed by atoms with van der Waals surface area (Å²) in [5, 5.41) is 4.87. The molecule has 0 fully saturated rings. The zero-order valence-corrected chi connectivity index (χ0v) is 10.5. The molecule has 0 saturated heterocycles. The first-order chi connectivity index (χ1) is 9.15. The van der Waals surface area contributed by atoms with Gasteiger partial charge in [-0.2, -0.15) is 0 Å². The van der Waals surface area contributed by atoms with E-state index in [1.807, 2.05) is 19.1 Å². The van der Waals surface area contributed by atoms with Crippen molar-refractivity contribution in [2.45, 2.75) is 6.92 Å². The Bertz CT molecular complexity index is 594. The van der Waals surface area contributed by atoms with Crippen LogP contribution in [0.2, 0.25) is 0 Å². The largest absolute Gasteiger partial charge is 0.326 e. The Morgan fingerprint density at radius 2 is 1.68 bits per heavy atom. The van der Waals surface area contributed by atoms with Gasteiger partial charge >= 0.3 is 6.03 Å². The molecule has 0 saturated carbocycles. The summed E-state index contributed by atoms with van der Waals surface area (Å²) in [5.41, 5.74) is 2.07. The third kappa shape index (κ3) is 3.67. The predicted molar refractivity (Wildman–Crippen MR) is 74.1 cm³/mol. The number of urea groups is 1. The van der Waals surface area contributed by atoms with Crippen molar-refractivity contribution >= 4 is 17.6 Å². The number of nitrogens with one attached hydrogen (secondary N) is 2. The molecule has 0 atom stereocenters. The number of carbonyl (C=O) groups is 2. The van der Waals surface area contributed by atoms with Gasteiger partial charge in [-0.1, -0.05) is 35.9 Å². The summed E-state index contributed by atoms with van der Waals surface area (Å²) in [6.45, 7) is 1.89. The maximum Gasteiger partial charge on any atom is 0.326 e. The highest BCUT2D eigenvalue weighted by atomic mass is 16.2. The summed E-state index contributed by atoms with van der Waals surface area (Å²) < 4.78 is 0. The van der Waals surface area contributed by atoms with E-state index in [0.29, 0.717) is 11.3 Å². The monoisotopic (exact) mass is 254 g/mol. The lowest BCUT2D eigenvalue weighted by Gasteiger charge is -2.06. The summed E-state index contributed by atoms with van der Waals surface area (Å²) >= 11 is 0. The Labute approximate surface area is 111 Å². The van der Waals surface area contributed by atoms with Crippen LogP contribution >= 0.6 is 0 Å². The fraction of sp³-hybridized carbons (Fsp3) is 0.0667. The van der Waals surface area contributed by atoms with Gasteiger partial charge in [0.25, 0.3) is 5.91 Å². The molecule has 0 aliphatic rings. The standard InChI is InChI=1S/C15H14N2O2/c1-11-6-5-7-12(10-11)14(18)17-15(19)16-13-8-3-2-4-9-13/h2-10H,1H3,(H2,16,17,18,19). The minimum atomic E-state index is -0.544. The van der Waals surface area contributed by atoms with Crippen molar-refractivity contribution < 1.29 is 9.59 Å². The van der Waals surface area contributed by atoms with Crippen molar-refractivity contribution in [1.82, 2.24) is 5.32 Å². The fourth-order valence-electron chi connectivity index (χ4n) is 1.65. The number of rotatable bonds is 2. The predicted octanol–water partition coefficient (Wildman–Crippen LogP) is 2.96. The van der Waals surface area contributed by atoms with Crippen molar-refractivity contribution in [3.63, 3.8) is 0 Å². The Morgan fingerprint density at radius 3 is 2.37 bits per heavy atom. The Kier molecular flexibility index (Phi) is 3.93. The molecule has 4 nitrogen and oxygen atoms in total. The molecule has 0 spiro atoms. The van der Waals surface area contributed by atoms with E-state index in [1.54, 1.807) is 42.5 Å². The Hall–Kier alpha value is -2.62. The Balaban J connectivity index is 1.98. The van der Waals surface area contributed by atoms with Crippen LogP contribution in [0.3, 0.4) is 0 Å². The molecule has 2 aromatic rings. The fourth-order valence-corrected chi connectivity index (χ4v) is 1.65. The highest BCUT2D eigenvalue weighted by Gasteiger charge is 2.09. The summed E-state index contributed by atoms with van der Waals surface area (Å²) in [5.74, 6) is -0.419. The lowest BCUT2D eigenvalue weighted by Crippen LogP contribution is -2.34. The molecule has 3 amide bonds. The molecule has 0 heterocycles.